The Bertz CT molecular complexity index is 821. The maximum Gasteiger partial charge on any atom is 0.193 e. The summed E-state index contributed by atoms with van der Waals surface area (Å²) in [4.78, 5) is 12.1. The minimum Gasteiger partial charge on any atom is -0.507 e. The smallest absolute Gasteiger partial charge is 0.193 e. The highest BCUT2D eigenvalue weighted by molar-refractivity contribution is 14.1. The number of halogens is 1. The Morgan fingerprint density at radius 3 is 2.63 bits per heavy atom. The van der Waals surface area contributed by atoms with Crippen LogP contribution in [0.4, 0.5) is 0 Å². The van der Waals surface area contributed by atoms with Gasteiger partial charge in [0.05, 0.1) is 10.9 Å². The molecule has 0 saturated heterocycles. The van der Waals surface area contributed by atoms with Gasteiger partial charge in [-0.25, -0.2) is 0 Å². The molecule has 1 N–H and O–H groups in total. The average molecular weight is 364 g/mol. The number of hydrogen-bond acceptors (Lipinski definition) is 3. The van der Waals surface area contributed by atoms with Crippen LogP contribution in [0.5, 0.6) is 5.75 Å². The van der Waals surface area contributed by atoms with E-state index in [1.807, 2.05) is 6.07 Å². The van der Waals surface area contributed by atoms with Gasteiger partial charge in [0, 0.05) is 9.64 Å². The summed E-state index contributed by atoms with van der Waals surface area (Å²) >= 11 is 2.15. The van der Waals surface area contributed by atoms with Gasteiger partial charge in [-0.2, -0.15) is 0 Å². The summed E-state index contributed by atoms with van der Waals surface area (Å²) in [6, 6.07) is 13.6. The molecule has 3 nitrogen and oxygen atoms in total. The van der Waals surface area contributed by atoms with E-state index in [9.17, 15) is 9.90 Å². The fraction of sp³-hybridized carbons (Fsp3) is 0. The third kappa shape index (κ3) is 2.23. The van der Waals surface area contributed by atoms with Crippen LogP contribution in [0, 0.1) is 3.57 Å². The van der Waals surface area contributed by atoms with Gasteiger partial charge in [-0.1, -0.05) is 12.1 Å². The predicted octanol–water partition coefficient (Wildman–Crippen LogP) is 3.77. The first kappa shape index (κ1) is 12.2. The van der Waals surface area contributed by atoms with Crippen LogP contribution in [-0.2, 0) is 0 Å². The zero-order valence-electron chi connectivity index (χ0n) is 9.76. The van der Waals surface area contributed by atoms with Crippen molar-refractivity contribution >= 4 is 33.6 Å². The number of para-hydroxylation sites is 1. The lowest BCUT2D eigenvalue weighted by atomic mass is 10.1. The minimum atomic E-state index is -0.113. The van der Waals surface area contributed by atoms with Crippen LogP contribution in [0.2, 0.25) is 0 Å². The van der Waals surface area contributed by atoms with E-state index < -0.39 is 0 Å². The molecule has 0 bridgehead atoms. The van der Waals surface area contributed by atoms with Gasteiger partial charge in [-0.3, -0.25) is 4.79 Å². The second kappa shape index (κ2) is 4.70. The largest absolute Gasteiger partial charge is 0.507 e. The molecule has 0 atom stereocenters. The number of hydrogen-bond donors (Lipinski definition) is 1. The van der Waals surface area contributed by atoms with Crippen LogP contribution in [0.25, 0.3) is 22.3 Å². The van der Waals surface area contributed by atoms with E-state index in [0.29, 0.717) is 22.3 Å². The normalized spacial score (nSPS) is 10.8. The Morgan fingerprint density at radius 1 is 1.05 bits per heavy atom. The van der Waals surface area contributed by atoms with Crippen molar-refractivity contribution in [1.82, 2.24) is 0 Å². The van der Waals surface area contributed by atoms with Crippen molar-refractivity contribution in [2.75, 3.05) is 0 Å². The highest BCUT2D eigenvalue weighted by Gasteiger charge is 2.10. The Hall–Kier alpha value is -1.82. The maximum atomic E-state index is 12.1. The molecule has 0 fully saturated rings. The van der Waals surface area contributed by atoms with E-state index in [4.69, 9.17) is 4.42 Å². The van der Waals surface area contributed by atoms with Gasteiger partial charge in [0.2, 0.25) is 0 Å². The van der Waals surface area contributed by atoms with Crippen LogP contribution >= 0.6 is 22.6 Å². The van der Waals surface area contributed by atoms with E-state index in [2.05, 4.69) is 22.6 Å². The van der Waals surface area contributed by atoms with Crippen LogP contribution in [0.3, 0.4) is 0 Å². The molecule has 3 rings (SSSR count). The molecule has 1 heterocycles. The van der Waals surface area contributed by atoms with Gasteiger partial charge >= 0.3 is 0 Å². The molecule has 1 aromatic heterocycles. The predicted molar refractivity (Wildman–Crippen MR) is 82.3 cm³/mol. The van der Waals surface area contributed by atoms with Crippen molar-refractivity contribution in [1.29, 1.82) is 0 Å². The average Bonchev–Trinajstić information content (AvgIpc) is 2.40. The quantitative estimate of drug-likeness (QED) is 0.669. The first-order valence-electron chi connectivity index (χ1n) is 5.67. The zero-order chi connectivity index (χ0) is 13.4. The molecule has 0 radical (unpaired) electrons. The molecule has 2 aromatic carbocycles. The van der Waals surface area contributed by atoms with Crippen LogP contribution < -0.4 is 5.43 Å². The lowest BCUT2D eigenvalue weighted by Gasteiger charge is -2.05. The fourth-order valence-electron chi connectivity index (χ4n) is 1.94. The Kier molecular flexibility index (Phi) is 3.02. The molecule has 0 aliphatic carbocycles. The third-order valence-corrected chi connectivity index (χ3v) is 3.53. The summed E-state index contributed by atoms with van der Waals surface area (Å²) in [5.74, 6) is 0.465. The molecule has 19 heavy (non-hydrogen) atoms. The lowest BCUT2D eigenvalue weighted by Crippen LogP contribution is -2.00. The van der Waals surface area contributed by atoms with Crippen molar-refractivity contribution in [3.8, 4) is 17.1 Å². The van der Waals surface area contributed by atoms with Gasteiger partial charge in [-0.15, -0.1) is 0 Å². The molecule has 4 heteroatoms. The summed E-state index contributed by atoms with van der Waals surface area (Å²) in [5, 5.41) is 10.4. The fourth-order valence-corrected chi connectivity index (χ4v) is 2.43. The number of phenols is 1. The van der Waals surface area contributed by atoms with Gasteiger partial charge < -0.3 is 9.52 Å². The molecule has 0 unspecified atom stereocenters. The molecule has 0 spiro atoms. The van der Waals surface area contributed by atoms with Gasteiger partial charge in [0.15, 0.2) is 5.43 Å². The highest BCUT2D eigenvalue weighted by Crippen LogP contribution is 2.29. The second-order valence-electron chi connectivity index (χ2n) is 4.13. The van der Waals surface area contributed by atoms with Crippen molar-refractivity contribution in [2.24, 2.45) is 0 Å². The zero-order valence-corrected chi connectivity index (χ0v) is 11.9. The number of phenolic OH excluding ortho intramolecular Hbond substituents is 1. The number of benzene rings is 2. The van der Waals surface area contributed by atoms with E-state index in [0.717, 1.165) is 3.57 Å². The molecule has 0 aliphatic heterocycles. The van der Waals surface area contributed by atoms with E-state index >= 15 is 0 Å². The van der Waals surface area contributed by atoms with E-state index in [1.54, 1.807) is 36.4 Å². The minimum absolute atomic E-state index is 0.0931. The second-order valence-corrected chi connectivity index (χ2v) is 5.38. The maximum absolute atomic E-state index is 12.1. The first-order chi connectivity index (χ1) is 9.15. The SMILES string of the molecule is O=c1cc(-c2ccccc2O)oc2ccc(I)cc12. The highest BCUT2D eigenvalue weighted by atomic mass is 127. The number of fused-ring (bicyclic) bond motifs is 1. The first-order valence-corrected chi connectivity index (χ1v) is 6.75. The van der Waals surface area contributed by atoms with Crippen molar-refractivity contribution < 1.29 is 9.52 Å². The molecular formula is C15H9IO3. The Balaban J connectivity index is 2.31. The summed E-state index contributed by atoms with van der Waals surface area (Å²) in [6.45, 7) is 0. The van der Waals surface area contributed by atoms with Crippen LogP contribution in [0.1, 0.15) is 0 Å². The number of aromatic hydroxyl groups is 1. The van der Waals surface area contributed by atoms with Gasteiger partial charge in [0.1, 0.15) is 17.1 Å². The summed E-state index contributed by atoms with van der Waals surface area (Å²) in [6.07, 6.45) is 0. The van der Waals surface area contributed by atoms with Crippen molar-refractivity contribution in [2.45, 2.75) is 0 Å². The van der Waals surface area contributed by atoms with Crippen LogP contribution in [0.15, 0.2) is 57.7 Å². The molecule has 3 aromatic rings. The van der Waals surface area contributed by atoms with E-state index in [1.165, 1.54) is 6.07 Å². The summed E-state index contributed by atoms with van der Waals surface area (Å²) in [7, 11) is 0. The third-order valence-electron chi connectivity index (χ3n) is 2.86. The van der Waals surface area contributed by atoms with Crippen LogP contribution in [-0.4, -0.2) is 5.11 Å². The molecule has 0 amide bonds. The number of rotatable bonds is 1. The van der Waals surface area contributed by atoms with Gasteiger partial charge in [0.25, 0.3) is 0 Å². The summed E-state index contributed by atoms with van der Waals surface area (Å²) in [5.41, 5.74) is 0.921. The Labute approximate surface area is 122 Å². The van der Waals surface area contributed by atoms with E-state index in [-0.39, 0.29) is 11.2 Å². The molecule has 0 saturated carbocycles. The van der Waals surface area contributed by atoms with Gasteiger partial charge in [-0.05, 0) is 52.9 Å². The molecular weight excluding hydrogens is 355 g/mol. The lowest BCUT2D eigenvalue weighted by molar-refractivity contribution is 0.474. The van der Waals surface area contributed by atoms with Crippen molar-refractivity contribution in [3.05, 3.63) is 62.3 Å². The summed E-state index contributed by atoms with van der Waals surface area (Å²) < 4.78 is 6.68. The Morgan fingerprint density at radius 2 is 1.84 bits per heavy atom. The molecule has 0 aliphatic rings. The standard InChI is InChI=1S/C15H9IO3/c16-9-5-6-14-11(7-9)13(18)8-15(19-14)10-3-1-2-4-12(10)17/h1-8,17H. The van der Waals surface area contributed by atoms with Crippen molar-refractivity contribution in [3.63, 3.8) is 0 Å². The molecule has 94 valence electrons. The topological polar surface area (TPSA) is 50.4 Å². The monoisotopic (exact) mass is 364 g/mol.